The first-order valence-electron chi connectivity index (χ1n) is 5.56. The zero-order valence-corrected chi connectivity index (χ0v) is 10.2. The van der Waals surface area contributed by atoms with Crippen LogP contribution in [0.4, 0.5) is 5.69 Å². The Balaban J connectivity index is 2.00. The number of hydrogen-bond donors (Lipinski definition) is 2. The molecule has 5 heteroatoms. The number of benzene rings is 1. The third-order valence-electron chi connectivity index (χ3n) is 2.65. The van der Waals surface area contributed by atoms with E-state index in [-0.39, 0.29) is 5.56 Å². The molecule has 0 saturated carbocycles. The number of nitrogens with zero attached hydrogens (tertiary/aromatic N) is 1. The number of aromatic nitrogens is 1. The zero-order valence-electron chi connectivity index (χ0n) is 10.2. The molecule has 1 heterocycles. The minimum Gasteiger partial charge on any atom is -0.478 e. The number of carbonyl (C=O) groups is 1. The molecular formula is C13H14N2O3. The topological polar surface area (TPSA) is 75.4 Å². The Labute approximate surface area is 104 Å². The van der Waals surface area contributed by atoms with Gasteiger partial charge in [-0.15, -0.1) is 0 Å². The molecule has 0 atom stereocenters. The molecule has 94 valence electrons. The van der Waals surface area contributed by atoms with Gasteiger partial charge in [0.25, 0.3) is 0 Å². The zero-order chi connectivity index (χ0) is 13.1. The second kappa shape index (κ2) is 4.91. The third kappa shape index (κ3) is 2.68. The lowest BCUT2D eigenvalue weighted by Crippen LogP contribution is -2.01. The summed E-state index contributed by atoms with van der Waals surface area (Å²) in [5.74, 6) is 0.501. The molecule has 0 spiro atoms. The molecule has 18 heavy (non-hydrogen) atoms. The second-order valence-corrected chi connectivity index (χ2v) is 3.99. The molecule has 0 radical (unpaired) electrons. The number of aryl methyl sites for hydroxylation is 2. The summed E-state index contributed by atoms with van der Waals surface area (Å²) in [6, 6.07) is 6.53. The molecule has 0 bridgehead atoms. The van der Waals surface area contributed by atoms with Crippen molar-refractivity contribution in [2.24, 2.45) is 0 Å². The summed E-state index contributed by atoms with van der Waals surface area (Å²) in [4.78, 5) is 14.9. The van der Waals surface area contributed by atoms with Crippen molar-refractivity contribution < 1.29 is 14.3 Å². The number of oxazole rings is 1. The quantitative estimate of drug-likeness (QED) is 0.867. The fraction of sp³-hybridized carbons (Fsp3) is 0.231. The van der Waals surface area contributed by atoms with Crippen LogP contribution < -0.4 is 5.32 Å². The van der Waals surface area contributed by atoms with Crippen LogP contribution in [-0.2, 0) is 6.54 Å². The normalized spacial score (nSPS) is 10.3. The minimum absolute atomic E-state index is 0.267. The van der Waals surface area contributed by atoms with Crippen LogP contribution in [0.3, 0.4) is 0 Å². The maximum atomic E-state index is 10.7. The van der Waals surface area contributed by atoms with E-state index in [1.807, 2.05) is 13.8 Å². The van der Waals surface area contributed by atoms with Gasteiger partial charge in [0.15, 0.2) is 0 Å². The summed E-state index contributed by atoms with van der Waals surface area (Å²) in [5.41, 5.74) is 1.98. The van der Waals surface area contributed by atoms with E-state index < -0.39 is 5.97 Å². The molecule has 0 amide bonds. The largest absolute Gasteiger partial charge is 0.478 e. The lowest BCUT2D eigenvalue weighted by molar-refractivity contribution is 0.0697. The van der Waals surface area contributed by atoms with Gasteiger partial charge in [-0.25, -0.2) is 9.78 Å². The molecule has 0 saturated heterocycles. The first-order chi connectivity index (χ1) is 8.56. The standard InChI is InChI=1S/C13H14N2O3/c1-8-9(2)18-12(15-8)7-14-11-5-3-10(4-6-11)13(16)17/h3-6,14H,7H2,1-2H3,(H,16,17). The van der Waals surface area contributed by atoms with Crippen molar-refractivity contribution >= 4 is 11.7 Å². The van der Waals surface area contributed by atoms with E-state index in [0.717, 1.165) is 17.1 Å². The fourth-order valence-corrected chi connectivity index (χ4v) is 1.52. The second-order valence-electron chi connectivity index (χ2n) is 3.99. The number of hydrogen-bond acceptors (Lipinski definition) is 4. The van der Waals surface area contributed by atoms with Crippen molar-refractivity contribution in [2.75, 3.05) is 5.32 Å². The number of anilines is 1. The number of rotatable bonds is 4. The van der Waals surface area contributed by atoms with Gasteiger partial charge in [-0.3, -0.25) is 0 Å². The van der Waals surface area contributed by atoms with Gasteiger partial charge in [-0.1, -0.05) is 0 Å². The molecular weight excluding hydrogens is 232 g/mol. The Kier molecular flexibility index (Phi) is 3.32. The molecule has 0 aliphatic rings. The highest BCUT2D eigenvalue weighted by molar-refractivity contribution is 5.87. The lowest BCUT2D eigenvalue weighted by atomic mass is 10.2. The Morgan fingerprint density at radius 3 is 2.50 bits per heavy atom. The van der Waals surface area contributed by atoms with Gasteiger partial charge in [0.2, 0.25) is 5.89 Å². The van der Waals surface area contributed by atoms with Gasteiger partial charge < -0.3 is 14.8 Å². The Morgan fingerprint density at radius 2 is 2.00 bits per heavy atom. The van der Waals surface area contributed by atoms with E-state index in [1.165, 1.54) is 0 Å². The highest BCUT2D eigenvalue weighted by Gasteiger charge is 2.05. The van der Waals surface area contributed by atoms with Crippen molar-refractivity contribution in [3.8, 4) is 0 Å². The first kappa shape index (κ1) is 12.2. The van der Waals surface area contributed by atoms with Crippen LogP contribution in [0.5, 0.6) is 0 Å². The molecule has 0 aliphatic carbocycles. The smallest absolute Gasteiger partial charge is 0.335 e. The summed E-state index contributed by atoms with van der Waals surface area (Å²) in [5, 5.41) is 11.9. The molecule has 1 aromatic heterocycles. The summed E-state index contributed by atoms with van der Waals surface area (Å²) < 4.78 is 5.43. The molecule has 0 aliphatic heterocycles. The molecule has 2 aromatic rings. The molecule has 0 unspecified atom stereocenters. The van der Waals surface area contributed by atoms with Gasteiger partial charge in [-0.05, 0) is 38.1 Å². The average molecular weight is 246 g/mol. The number of aromatic carboxylic acids is 1. The number of carboxylic acid groups (broad SMARTS) is 1. The van der Waals surface area contributed by atoms with E-state index in [1.54, 1.807) is 24.3 Å². The summed E-state index contributed by atoms with van der Waals surface area (Å²) in [7, 11) is 0. The molecule has 2 N–H and O–H groups in total. The maximum absolute atomic E-state index is 10.7. The van der Waals surface area contributed by atoms with Crippen LogP contribution in [0.15, 0.2) is 28.7 Å². The van der Waals surface area contributed by atoms with Crippen LogP contribution >= 0.6 is 0 Å². The number of nitrogens with one attached hydrogen (secondary N) is 1. The highest BCUT2D eigenvalue weighted by Crippen LogP contribution is 2.13. The van der Waals surface area contributed by atoms with Crippen LogP contribution in [0.2, 0.25) is 0 Å². The van der Waals surface area contributed by atoms with Crippen molar-refractivity contribution in [1.29, 1.82) is 0 Å². The molecule has 1 aromatic carbocycles. The number of carboxylic acids is 1. The van der Waals surface area contributed by atoms with Crippen molar-refractivity contribution in [3.63, 3.8) is 0 Å². The Morgan fingerprint density at radius 1 is 1.33 bits per heavy atom. The van der Waals surface area contributed by atoms with Gasteiger partial charge in [0, 0.05) is 5.69 Å². The van der Waals surface area contributed by atoms with E-state index in [0.29, 0.717) is 12.4 Å². The van der Waals surface area contributed by atoms with Gasteiger partial charge >= 0.3 is 5.97 Å². The van der Waals surface area contributed by atoms with Crippen LogP contribution in [0, 0.1) is 13.8 Å². The fourth-order valence-electron chi connectivity index (χ4n) is 1.52. The lowest BCUT2D eigenvalue weighted by Gasteiger charge is -2.03. The summed E-state index contributed by atoms with van der Waals surface area (Å²) >= 11 is 0. The predicted octanol–water partition coefficient (Wildman–Crippen LogP) is 2.60. The summed E-state index contributed by atoms with van der Waals surface area (Å²) in [6.45, 7) is 4.23. The Bertz CT molecular complexity index is 539. The monoisotopic (exact) mass is 246 g/mol. The minimum atomic E-state index is -0.930. The van der Waals surface area contributed by atoms with Gasteiger partial charge in [-0.2, -0.15) is 0 Å². The third-order valence-corrected chi connectivity index (χ3v) is 2.65. The predicted molar refractivity (Wildman–Crippen MR) is 66.7 cm³/mol. The van der Waals surface area contributed by atoms with Crippen LogP contribution in [0.25, 0.3) is 0 Å². The summed E-state index contributed by atoms with van der Waals surface area (Å²) in [6.07, 6.45) is 0. The maximum Gasteiger partial charge on any atom is 0.335 e. The molecule has 2 rings (SSSR count). The van der Waals surface area contributed by atoms with Gasteiger partial charge in [0.05, 0.1) is 17.8 Å². The van der Waals surface area contributed by atoms with Crippen LogP contribution in [-0.4, -0.2) is 16.1 Å². The first-order valence-corrected chi connectivity index (χ1v) is 5.56. The van der Waals surface area contributed by atoms with E-state index in [4.69, 9.17) is 9.52 Å². The molecule has 0 fully saturated rings. The van der Waals surface area contributed by atoms with Crippen molar-refractivity contribution in [3.05, 3.63) is 47.2 Å². The van der Waals surface area contributed by atoms with E-state index >= 15 is 0 Å². The van der Waals surface area contributed by atoms with E-state index in [2.05, 4.69) is 10.3 Å². The SMILES string of the molecule is Cc1nc(CNc2ccc(C(=O)O)cc2)oc1C. The van der Waals surface area contributed by atoms with Crippen LogP contribution in [0.1, 0.15) is 27.7 Å². The van der Waals surface area contributed by atoms with Crippen molar-refractivity contribution in [2.45, 2.75) is 20.4 Å². The average Bonchev–Trinajstić information content (AvgIpc) is 2.67. The molecule has 5 nitrogen and oxygen atoms in total. The van der Waals surface area contributed by atoms with Gasteiger partial charge in [0.1, 0.15) is 5.76 Å². The van der Waals surface area contributed by atoms with E-state index in [9.17, 15) is 4.79 Å². The Hall–Kier alpha value is -2.30. The highest BCUT2D eigenvalue weighted by atomic mass is 16.4. The van der Waals surface area contributed by atoms with Crippen molar-refractivity contribution in [1.82, 2.24) is 4.98 Å².